The van der Waals surface area contributed by atoms with Gasteiger partial charge in [-0.3, -0.25) is 4.79 Å². The van der Waals surface area contributed by atoms with Gasteiger partial charge in [-0.1, -0.05) is 20.8 Å². The van der Waals surface area contributed by atoms with Crippen LogP contribution in [0.25, 0.3) is 0 Å². The minimum atomic E-state index is -0.328. The molecular weight excluding hydrogens is 252 g/mol. The second-order valence-electron chi connectivity index (χ2n) is 7.70. The lowest BCUT2D eigenvalue weighted by atomic mass is 9.89. The standard InChI is InChI=1S/C16H30N2O2/c1-16(2,3)15(20)17-14-8-13(6-7-19)10-18(11-14)9-12-4-5-12/h12-14,19H,4-11H2,1-3H3,(H,17,20). The predicted octanol–water partition coefficient (Wildman–Crippen LogP) is 1.63. The van der Waals surface area contributed by atoms with E-state index in [2.05, 4.69) is 10.2 Å². The number of carbonyl (C=O) groups is 1. The third-order valence-electron chi connectivity index (χ3n) is 4.38. The molecule has 0 spiro atoms. The normalized spacial score (nSPS) is 28.4. The second-order valence-corrected chi connectivity index (χ2v) is 7.70. The molecule has 2 atom stereocenters. The number of amides is 1. The van der Waals surface area contributed by atoms with Crippen LogP contribution in [0.4, 0.5) is 0 Å². The first-order chi connectivity index (χ1) is 9.38. The van der Waals surface area contributed by atoms with Crippen molar-refractivity contribution in [2.45, 2.75) is 52.5 Å². The van der Waals surface area contributed by atoms with E-state index >= 15 is 0 Å². The summed E-state index contributed by atoms with van der Waals surface area (Å²) < 4.78 is 0. The lowest BCUT2D eigenvalue weighted by molar-refractivity contribution is -0.129. The molecule has 4 heteroatoms. The zero-order chi connectivity index (χ0) is 14.8. The van der Waals surface area contributed by atoms with Crippen LogP contribution in [0.1, 0.15) is 46.5 Å². The van der Waals surface area contributed by atoms with Crippen LogP contribution in [0, 0.1) is 17.3 Å². The second kappa shape index (κ2) is 6.44. The Morgan fingerprint density at radius 3 is 2.50 bits per heavy atom. The molecule has 0 aromatic carbocycles. The first-order valence-corrected chi connectivity index (χ1v) is 8.02. The Hall–Kier alpha value is -0.610. The fourth-order valence-electron chi connectivity index (χ4n) is 3.02. The van der Waals surface area contributed by atoms with Crippen LogP contribution in [0.15, 0.2) is 0 Å². The summed E-state index contributed by atoms with van der Waals surface area (Å²) >= 11 is 0. The summed E-state index contributed by atoms with van der Waals surface area (Å²) in [4.78, 5) is 14.7. The van der Waals surface area contributed by atoms with Gasteiger partial charge >= 0.3 is 0 Å². The maximum Gasteiger partial charge on any atom is 0.225 e. The zero-order valence-electron chi connectivity index (χ0n) is 13.2. The van der Waals surface area contributed by atoms with Crippen molar-refractivity contribution >= 4 is 5.91 Å². The van der Waals surface area contributed by atoms with Crippen molar-refractivity contribution in [1.29, 1.82) is 0 Å². The summed E-state index contributed by atoms with van der Waals surface area (Å²) in [6, 6.07) is 0.241. The summed E-state index contributed by atoms with van der Waals surface area (Å²) in [6.45, 7) is 9.35. The van der Waals surface area contributed by atoms with Crippen molar-refractivity contribution in [2.24, 2.45) is 17.3 Å². The third kappa shape index (κ3) is 4.74. The fourth-order valence-corrected chi connectivity index (χ4v) is 3.02. The van der Waals surface area contributed by atoms with E-state index in [1.807, 2.05) is 20.8 Å². The van der Waals surface area contributed by atoms with Gasteiger partial charge in [0.15, 0.2) is 0 Å². The van der Waals surface area contributed by atoms with E-state index in [0.717, 1.165) is 31.8 Å². The van der Waals surface area contributed by atoms with E-state index in [1.54, 1.807) is 0 Å². The van der Waals surface area contributed by atoms with Gasteiger partial charge in [-0.2, -0.15) is 0 Å². The Bertz CT molecular complexity index is 334. The van der Waals surface area contributed by atoms with E-state index in [0.29, 0.717) is 5.92 Å². The molecule has 2 N–H and O–H groups in total. The predicted molar refractivity (Wildman–Crippen MR) is 80.4 cm³/mol. The molecule has 1 heterocycles. The monoisotopic (exact) mass is 282 g/mol. The van der Waals surface area contributed by atoms with Crippen LogP contribution in [0.3, 0.4) is 0 Å². The van der Waals surface area contributed by atoms with Crippen molar-refractivity contribution in [3.05, 3.63) is 0 Å². The Labute approximate surface area is 122 Å². The molecule has 1 amide bonds. The first kappa shape index (κ1) is 15.8. The zero-order valence-corrected chi connectivity index (χ0v) is 13.2. The van der Waals surface area contributed by atoms with Gasteiger partial charge in [0, 0.05) is 37.7 Å². The number of carbonyl (C=O) groups excluding carboxylic acids is 1. The summed E-state index contributed by atoms with van der Waals surface area (Å²) in [5.41, 5.74) is -0.328. The molecule has 0 aromatic heterocycles. The largest absolute Gasteiger partial charge is 0.396 e. The van der Waals surface area contributed by atoms with E-state index < -0.39 is 0 Å². The highest BCUT2D eigenvalue weighted by Gasteiger charge is 2.33. The lowest BCUT2D eigenvalue weighted by Crippen LogP contribution is -2.53. The first-order valence-electron chi connectivity index (χ1n) is 8.02. The molecule has 116 valence electrons. The van der Waals surface area contributed by atoms with Gasteiger partial charge in [-0.15, -0.1) is 0 Å². The summed E-state index contributed by atoms with van der Waals surface area (Å²) in [5.74, 6) is 1.53. The van der Waals surface area contributed by atoms with Gasteiger partial charge in [-0.25, -0.2) is 0 Å². The van der Waals surface area contributed by atoms with E-state index in [-0.39, 0.29) is 24.0 Å². The van der Waals surface area contributed by atoms with Crippen LogP contribution in [-0.2, 0) is 4.79 Å². The molecule has 2 unspecified atom stereocenters. The van der Waals surface area contributed by atoms with Gasteiger partial charge in [0.1, 0.15) is 0 Å². The SMILES string of the molecule is CC(C)(C)C(=O)NC1CC(CCO)CN(CC2CC2)C1. The number of rotatable bonds is 5. The number of hydrogen-bond acceptors (Lipinski definition) is 3. The Morgan fingerprint density at radius 1 is 1.25 bits per heavy atom. The molecule has 2 fully saturated rings. The van der Waals surface area contributed by atoms with Crippen molar-refractivity contribution < 1.29 is 9.90 Å². The van der Waals surface area contributed by atoms with Crippen LogP contribution in [0.5, 0.6) is 0 Å². The molecule has 1 saturated carbocycles. The van der Waals surface area contributed by atoms with Crippen molar-refractivity contribution in [2.75, 3.05) is 26.2 Å². The third-order valence-corrected chi connectivity index (χ3v) is 4.38. The molecule has 0 radical (unpaired) electrons. The highest BCUT2D eigenvalue weighted by Crippen LogP contribution is 2.31. The van der Waals surface area contributed by atoms with E-state index in [4.69, 9.17) is 0 Å². The van der Waals surface area contributed by atoms with E-state index in [9.17, 15) is 9.90 Å². The van der Waals surface area contributed by atoms with Crippen LogP contribution in [0.2, 0.25) is 0 Å². The molecule has 20 heavy (non-hydrogen) atoms. The highest BCUT2D eigenvalue weighted by atomic mass is 16.3. The average molecular weight is 282 g/mol. The maximum atomic E-state index is 12.2. The molecule has 0 bridgehead atoms. The van der Waals surface area contributed by atoms with Crippen LogP contribution in [-0.4, -0.2) is 48.2 Å². The molecule has 1 aliphatic carbocycles. The number of aliphatic hydroxyl groups excluding tert-OH is 1. The molecule has 1 aliphatic heterocycles. The molecule has 0 aromatic rings. The Morgan fingerprint density at radius 2 is 1.95 bits per heavy atom. The number of hydrogen-bond donors (Lipinski definition) is 2. The van der Waals surface area contributed by atoms with Gasteiger partial charge in [0.25, 0.3) is 0 Å². The van der Waals surface area contributed by atoms with Crippen molar-refractivity contribution in [3.8, 4) is 0 Å². The van der Waals surface area contributed by atoms with Crippen molar-refractivity contribution in [1.82, 2.24) is 10.2 Å². The highest BCUT2D eigenvalue weighted by molar-refractivity contribution is 5.81. The molecular formula is C16H30N2O2. The Kier molecular flexibility index (Phi) is 5.08. The minimum absolute atomic E-state index is 0.138. The minimum Gasteiger partial charge on any atom is -0.396 e. The van der Waals surface area contributed by atoms with Gasteiger partial charge < -0.3 is 15.3 Å². The van der Waals surface area contributed by atoms with Crippen LogP contribution >= 0.6 is 0 Å². The number of aliphatic hydroxyl groups is 1. The summed E-state index contributed by atoms with van der Waals surface area (Å²) in [5, 5.41) is 12.4. The molecule has 1 saturated heterocycles. The van der Waals surface area contributed by atoms with Crippen molar-refractivity contribution in [3.63, 3.8) is 0 Å². The summed E-state index contributed by atoms with van der Waals surface area (Å²) in [6.07, 6.45) is 4.58. The molecule has 2 aliphatic rings. The summed E-state index contributed by atoms with van der Waals surface area (Å²) in [7, 11) is 0. The smallest absolute Gasteiger partial charge is 0.225 e. The fraction of sp³-hybridized carbons (Fsp3) is 0.938. The Balaban J connectivity index is 1.90. The number of nitrogens with one attached hydrogen (secondary N) is 1. The maximum absolute atomic E-state index is 12.2. The van der Waals surface area contributed by atoms with Crippen LogP contribution < -0.4 is 5.32 Å². The quantitative estimate of drug-likeness (QED) is 0.806. The average Bonchev–Trinajstić information content (AvgIpc) is 3.11. The number of piperidine rings is 1. The van der Waals surface area contributed by atoms with Gasteiger partial charge in [-0.05, 0) is 37.5 Å². The van der Waals surface area contributed by atoms with Gasteiger partial charge in [0.2, 0.25) is 5.91 Å². The van der Waals surface area contributed by atoms with Gasteiger partial charge in [0.05, 0.1) is 0 Å². The molecule has 4 nitrogen and oxygen atoms in total. The lowest BCUT2D eigenvalue weighted by Gasteiger charge is -2.39. The van der Waals surface area contributed by atoms with E-state index in [1.165, 1.54) is 19.4 Å². The topological polar surface area (TPSA) is 52.6 Å². The number of likely N-dealkylation sites (tertiary alicyclic amines) is 1. The number of nitrogens with zero attached hydrogens (tertiary/aromatic N) is 1. The molecule has 2 rings (SSSR count).